The molecule has 0 aliphatic rings. The molecule has 0 saturated heterocycles. The molecule has 31 heavy (non-hydrogen) atoms. The minimum atomic E-state index is -0.165. The van der Waals surface area contributed by atoms with Gasteiger partial charge in [-0.1, -0.05) is 54.6 Å². The Bertz CT molecular complexity index is 1190. The summed E-state index contributed by atoms with van der Waals surface area (Å²) in [6.07, 6.45) is 0. The van der Waals surface area contributed by atoms with E-state index in [1.807, 2.05) is 115 Å². The first-order valence-electron chi connectivity index (χ1n) is 9.88. The lowest BCUT2D eigenvalue weighted by molar-refractivity contribution is 0.630. The van der Waals surface area contributed by atoms with Crippen LogP contribution in [0.25, 0.3) is 5.69 Å². The van der Waals surface area contributed by atoms with Crippen LogP contribution in [0.1, 0.15) is 5.69 Å². The summed E-state index contributed by atoms with van der Waals surface area (Å²) in [5.41, 5.74) is 6.90. The average Bonchev–Trinajstić information content (AvgIpc) is 3.02. The second-order valence-corrected chi connectivity index (χ2v) is 7.42. The van der Waals surface area contributed by atoms with Gasteiger partial charge in [0.05, 0.1) is 22.8 Å². The van der Waals surface area contributed by atoms with Crippen molar-refractivity contribution in [2.75, 3.05) is 10.3 Å². The largest absolute Gasteiger partial charge is 0.325 e. The number of rotatable bonds is 5. The van der Waals surface area contributed by atoms with E-state index in [2.05, 4.69) is 10.7 Å². The molecule has 4 aromatic rings. The highest BCUT2D eigenvalue weighted by molar-refractivity contribution is 7.80. The van der Waals surface area contributed by atoms with E-state index < -0.39 is 0 Å². The van der Waals surface area contributed by atoms with Crippen molar-refractivity contribution in [1.29, 1.82) is 0 Å². The molecule has 2 N–H and O–H groups in total. The number of benzene rings is 3. The predicted molar refractivity (Wildman–Crippen MR) is 130 cm³/mol. The summed E-state index contributed by atoms with van der Waals surface area (Å²) in [7, 11) is 1.85. The average molecular weight is 430 g/mol. The van der Waals surface area contributed by atoms with E-state index >= 15 is 0 Å². The smallest absolute Gasteiger partial charge is 0.295 e. The van der Waals surface area contributed by atoms with Gasteiger partial charge in [-0.2, -0.15) is 0 Å². The molecule has 4 rings (SSSR count). The SMILES string of the molecule is Cc1c(NC(=S)NN(c2ccccc2)c2ccccc2)c(=O)n(-c2ccccc2)n1C. The summed E-state index contributed by atoms with van der Waals surface area (Å²) < 4.78 is 3.43. The van der Waals surface area contributed by atoms with Gasteiger partial charge < -0.3 is 5.32 Å². The Morgan fingerprint density at radius 2 is 1.32 bits per heavy atom. The van der Waals surface area contributed by atoms with Gasteiger partial charge in [0.25, 0.3) is 5.56 Å². The van der Waals surface area contributed by atoms with Gasteiger partial charge in [-0.3, -0.25) is 19.9 Å². The number of hydrazine groups is 1. The fourth-order valence-electron chi connectivity index (χ4n) is 3.39. The lowest BCUT2D eigenvalue weighted by Gasteiger charge is -2.26. The summed E-state index contributed by atoms with van der Waals surface area (Å²) in [6.45, 7) is 1.89. The van der Waals surface area contributed by atoms with Crippen molar-refractivity contribution in [3.8, 4) is 5.69 Å². The number of hydrogen-bond acceptors (Lipinski definition) is 3. The van der Waals surface area contributed by atoms with Crippen LogP contribution in [0.3, 0.4) is 0 Å². The Morgan fingerprint density at radius 3 is 1.84 bits per heavy atom. The summed E-state index contributed by atoms with van der Waals surface area (Å²) in [4.78, 5) is 13.2. The summed E-state index contributed by atoms with van der Waals surface area (Å²) in [6, 6.07) is 29.2. The van der Waals surface area contributed by atoms with E-state index in [9.17, 15) is 4.79 Å². The van der Waals surface area contributed by atoms with Crippen molar-refractivity contribution >= 4 is 34.4 Å². The zero-order chi connectivity index (χ0) is 21.8. The van der Waals surface area contributed by atoms with E-state index in [4.69, 9.17) is 12.2 Å². The van der Waals surface area contributed by atoms with Crippen LogP contribution in [-0.4, -0.2) is 14.5 Å². The van der Waals surface area contributed by atoms with Crippen molar-refractivity contribution in [3.63, 3.8) is 0 Å². The molecule has 0 aliphatic carbocycles. The molecule has 0 fully saturated rings. The van der Waals surface area contributed by atoms with Crippen LogP contribution in [0.4, 0.5) is 17.1 Å². The maximum atomic E-state index is 13.2. The third kappa shape index (κ3) is 4.22. The van der Waals surface area contributed by atoms with E-state index in [0.29, 0.717) is 10.8 Å². The zero-order valence-corrected chi connectivity index (χ0v) is 18.1. The van der Waals surface area contributed by atoms with Gasteiger partial charge in [0.2, 0.25) is 0 Å². The third-order valence-corrected chi connectivity index (χ3v) is 5.23. The second kappa shape index (κ2) is 8.89. The van der Waals surface area contributed by atoms with Gasteiger partial charge in [0.1, 0.15) is 5.69 Å². The van der Waals surface area contributed by atoms with Crippen molar-refractivity contribution in [2.24, 2.45) is 7.05 Å². The monoisotopic (exact) mass is 429 g/mol. The maximum absolute atomic E-state index is 13.2. The molecule has 0 atom stereocenters. The third-order valence-electron chi connectivity index (χ3n) is 5.03. The number of aromatic nitrogens is 2. The molecule has 0 radical (unpaired) electrons. The van der Waals surface area contributed by atoms with E-state index in [1.165, 1.54) is 0 Å². The molecule has 3 aromatic carbocycles. The van der Waals surface area contributed by atoms with Crippen molar-refractivity contribution < 1.29 is 0 Å². The number of hydrogen-bond donors (Lipinski definition) is 2. The second-order valence-electron chi connectivity index (χ2n) is 7.01. The molecule has 7 heteroatoms. The molecule has 0 bridgehead atoms. The Hall–Kier alpha value is -3.84. The Kier molecular flexibility index (Phi) is 5.86. The molecule has 6 nitrogen and oxygen atoms in total. The van der Waals surface area contributed by atoms with E-state index in [-0.39, 0.29) is 5.56 Å². The molecule has 0 unspecified atom stereocenters. The van der Waals surface area contributed by atoms with E-state index in [1.54, 1.807) is 4.68 Å². The molecule has 0 aliphatic heterocycles. The normalized spacial score (nSPS) is 10.5. The quantitative estimate of drug-likeness (QED) is 0.361. The minimum absolute atomic E-state index is 0.165. The standard InChI is InChI=1S/C24H23N5OS/c1-18-22(23(30)29(27(18)2)21-16-10-5-11-17-21)25-24(31)26-28(19-12-6-3-7-13-19)20-14-8-4-9-15-20/h3-17H,1-2H3,(H2,25,26,31). The van der Waals surface area contributed by atoms with Crippen LogP contribution < -0.4 is 21.3 Å². The fraction of sp³-hybridized carbons (Fsp3) is 0.0833. The molecular formula is C24H23N5OS. The van der Waals surface area contributed by atoms with Crippen molar-refractivity contribution in [3.05, 3.63) is 107 Å². The van der Waals surface area contributed by atoms with E-state index in [0.717, 1.165) is 22.8 Å². The maximum Gasteiger partial charge on any atom is 0.295 e. The number of anilines is 3. The lowest BCUT2D eigenvalue weighted by Crippen LogP contribution is -2.42. The van der Waals surface area contributed by atoms with Gasteiger partial charge in [-0.25, -0.2) is 4.68 Å². The van der Waals surface area contributed by atoms with Gasteiger partial charge in [0, 0.05) is 7.05 Å². The molecule has 0 saturated carbocycles. The molecule has 156 valence electrons. The predicted octanol–water partition coefficient (Wildman–Crippen LogP) is 4.52. The summed E-state index contributed by atoms with van der Waals surface area (Å²) in [5, 5.41) is 5.30. The van der Waals surface area contributed by atoms with Crippen LogP contribution >= 0.6 is 12.2 Å². The molecule has 0 spiro atoms. The van der Waals surface area contributed by atoms with Crippen molar-refractivity contribution in [2.45, 2.75) is 6.92 Å². The van der Waals surface area contributed by atoms with Gasteiger partial charge in [0.15, 0.2) is 5.11 Å². The number of nitrogens with zero attached hydrogens (tertiary/aromatic N) is 3. The van der Waals surface area contributed by atoms with Crippen LogP contribution in [0.2, 0.25) is 0 Å². The Balaban J connectivity index is 1.63. The summed E-state index contributed by atoms with van der Waals surface area (Å²) in [5.74, 6) is 0. The molecule has 1 aromatic heterocycles. The fourth-order valence-corrected chi connectivity index (χ4v) is 3.58. The molecular weight excluding hydrogens is 406 g/mol. The lowest BCUT2D eigenvalue weighted by atomic mass is 10.2. The highest BCUT2D eigenvalue weighted by Gasteiger charge is 2.18. The molecule has 0 amide bonds. The van der Waals surface area contributed by atoms with Crippen LogP contribution in [0.5, 0.6) is 0 Å². The Morgan fingerprint density at radius 1 is 0.839 bits per heavy atom. The number of para-hydroxylation sites is 3. The Labute approximate surface area is 186 Å². The van der Waals surface area contributed by atoms with Crippen LogP contribution in [0.15, 0.2) is 95.8 Å². The molecule has 1 heterocycles. The highest BCUT2D eigenvalue weighted by atomic mass is 32.1. The van der Waals surface area contributed by atoms with Crippen LogP contribution in [0, 0.1) is 6.92 Å². The minimum Gasteiger partial charge on any atom is -0.325 e. The topological polar surface area (TPSA) is 54.2 Å². The van der Waals surface area contributed by atoms with Crippen molar-refractivity contribution in [1.82, 2.24) is 14.8 Å². The summed E-state index contributed by atoms with van der Waals surface area (Å²) >= 11 is 5.58. The van der Waals surface area contributed by atoms with Gasteiger partial charge in [-0.05, 0) is 55.5 Å². The first-order chi connectivity index (χ1) is 15.1. The number of nitrogens with one attached hydrogen (secondary N) is 2. The van der Waals surface area contributed by atoms with Gasteiger partial charge in [-0.15, -0.1) is 0 Å². The van der Waals surface area contributed by atoms with Gasteiger partial charge >= 0.3 is 0 Å². The highest BCUT2D eigenvalue weighted by Crippen LogP contribution is 2.23. The first-order valence-corrected chi connectivity index (χ1v) is 10.3. The van der Waals surface area contributed by atoms with Crippen LogP contribution in [-0.2, 0) is 7.05 Å². The number of thiocarbonyl (C=S) groups is 1. The first kappa shape index (κ1) is 20.4. The zero-order valence-electron chi connectivity index (χ0n) is 17.3.